The third kappa shape index (κ3) is 4.30. The predicted octanol–water partition coefficient (Wildman–Crippen LogP) is 2.22. The third-order valence-corrected chi connectivity index (χ3v) is 5.64. The maximum Gasteiger partial charge on any atom is 0.388 e. The summed E-state index contributed by atoms with van der Waals surface area (Å²) in [6, 6.07) is 9.31. The Labute approximate surface area is 142 Å². The van der Waals surface area contributed by atoms with Crippen LogP contribution in [-0.2, 0) is 10.4 Å². The SMILES string of the molecule is CC(c1cccc(O)c1)C(O)(O)c1cc(O)ccc1SP(=O)(O)O. The Kier molecular flexibility index (Phi) is 5.29. The average molecular weight is 372 g/mol. The molecule has 24 heavy (non-hydrogen) atoms. The molecule has 0 bridgehead atoms. The fourth-order valence-corrected chi connectivity index (χ4v) is 4.21. The molecule has 0 saturated heterocycles. The first kappa shape index (κ1) is 18.8. The van der Waals surface area contributed by atoms with E-state index in [0.717, 1.165) is 6.07 Å². The summed E-state index contributed by atoms with van der Waals surface area (Å²) in [6.07, 6.45) is 0. The minimum Gasteiger partial charge on any atom is -0.508 e. The van der Waals surface area contributed by atoms with E-state index in [0.29, 0.717) is 5.56 Å². The maximum atomic E-state index is 11.2. The number of benzene rings is 2. The summed E-state index contributed by atoms with van der Waals surface area (Å²) in [4.78, 5) is 18.2. The molecule has 1 atom stereocenters. The topological polar surface area (TPSA) is 138 Å². The van der Waals surface area contributed by atoms with E-state index < -0.39 is 18.5 Å². The molecule has 0 aliphatic heterocycles. The molecule has 0 aromatic heterocycles. The van der Waals surface area contributed by atoms with E-state index in [1.54, 1.807) is 6.07 Å². The Morgan fingerprint density at radius 1 is 1.04 bits per heavy atom. The Hall–Kier alpha value is -1.54. The van der Waals surface area contributed by atoms with Gasteiger partial charge in [-0.15, -0.1) is 0 Å². The lowest BCUT2D eigenvalue weighted by atomic mass is 9.87. The molecule has 0 amide bonds. The molecule has 2 aromatic carbocycles. The van der Waals surface area contributed by atoms with Crippen LogP contribution in [0.15, 0.2) is 47.4 Å². The Morgan fingerprint density at radius 2 is 1.67 bits per heavy atom. The van der Waals surface area contributed by atoms with Crippen molar-refractivity contribution in [3.8, 4) is 11.5 Å². The van der Waals surface area contributed by atoms with Crippen LogP contribution in [0.4, 0.5) is 0 Å². The number of hydrogen-bond donors (Lipinski definition) is 6. The zero-order valence-corrected chi connectivity index (χ0v) is 14.3. The van der Waals surface area contributed by atoms with E-state index in [4.69, 9.17) is 9.79 Å². The van der Waals surface area contributed by atoms with E-state index >= 15 is 0 Å². The van der Waals surface area contributed by atoms with E-state index in [1.807, 2.05) is 0 Å². The zero-order valence-electron chi connectivity index (χ0n) is 12.6. The summed E-state index contributed by atoms with van der Waals surface area (Å²) in [6.45, 7) is -3.06. The van der Waals surface area contributed by atoms with Gasteiger partial charge in [0.2, 0.25) is 0 Å². The third-order valence-electron chi connectivity index (χ3n) is 3.55. The first-order chi connectivity index (χ1) is 11.0. The zero-order chi connectivity index (χ0) is 18.1. The van der Waals surface area contributed by atoms with Gasteiger partial charge in [0.1, 0.15) is 11.5 Å². The minimum atomic E-state index is -4.54. The molecule has 6 N–H and O–H groups in total. The van der Waals surface area contributed by atoms with Crippen molar-refractivity contribution in [2.45, 2.75) is 23.5 Å². The van der Waals surface area contributed by atoms with Gasteiger partial charge in [-0.1, -0.05) is 19.1 Å². The molecule has 1 unspecified atom stereocenters. The summed E-state index contributed by atoms with van der Waals surface area (Å²) in [5, 5.41) is 40.4. The molecule has 0 aliphatic carbocycles. The van der Waals surface area contributed by atoms with Gasteiger partial charge in [0, 0.05) is 16.4 Å². The van der Waals surface area contributed by atoms with Crippen molar-refractivity contribution in [3.05, 3.63) is 53.6 Å². The highest BCUT2D eigenvalue weighted by atomic mass is 32.7. The summed E-state index contributed by atoms with van der Waals surface area (Å²) in [5.74, 6) is -3.83. The fourth-order valence-electron chi connectivity index (χ4n) is 2.27. The summed E-state index contributed by atoms with van der Waals surface area (Å²) in [7, 11) is 0. The van der Waals surface area contributed by atoms with Crippen molar-refractivity contribution in [2.24, 2.45) is 0 Å². The molecular weight excluding hydrogens is 355 g/mol. The normalized spacial score (nSPS) is 13.7. The van der Waals surface area contributed by atoms with Gasteiger partial charge in [0.05, 0.1) is 0 Å². The van der Waals surface area contributed by atoms with Gasteiger partial charge < -0.3 is 30.2 Å². The smallest absolute Gasteiger partial charge is 0.388 e. The van der Waals surface area contributed by atoms with Crippen LogP contribution in [0.5, 0.6) is 11.5 Å². The fraction of sp³-hybridized carbons (Fsp3) is 0.200. The van der Waals surface area contributed by atoms with Crippen molar-refractivity contribution >= 4 is 18.2 Å². The quantitative estimate of drug-likeness (QED) is 0.347. The Bertz CT molecular complexity index is 787. The second-order valence-electron chi connectivity index (χ2n) is 5.31. The number of aromatic hydroxyl groups is 2. The minimum absolute atomic E-state index is 0.0594. The summed E-state index contributed by atoms with van der Waals surface area (Å²) in [5.41, 5.74) is 0.155. The average Bonchev–Trinajstić information content (AvgIpc) is 2.46. The van der Waals surface area contributed by atoms with Gasteiger partial charge in [-0.3, -0.25) is 0 Å². The lowest BCUT2D eigenvalue weighted by molar-refractivity contribution is -0.187. The van der Waals surface area contributed by atoms with Crippen LogP contribution in [0, 0.1) is 0 Å². The van der Waals surface area contributed by atoms with Gasteiger partial charge >= 0.3 is 6.80 Å². The molecule has 0 aliphatic rings. The first-order valence-corrected chi connectivity index (χ1v) is 9.86. The number of phenolic OH excluding ortho intramolecular Hbond substituents is 2. The van der Waals surface area contributed by atoms with Crippen LogP contribution in [0.25, 0.3) is 0 Å². The van der Waals surface area contributed by atoms with Gasteiger partial charge in [-0.2, -0.15) is 0 Å². The van der Waals surface area contributed by atoms with Crippen LogP contribution in [0.1, 0.15) is 24.0 Å². The monoisotopic (exact) mass is 372 g/mol. The van der Waals surface area contributed by atoms with Crippen LogP contribution < -0.4 is 0 Å². The van der Waals surface area contributed by atoms with Gasteiger partial charge in [0.25, 0.3) is 0 Å². The molecular formula is C15H17O7PS. The molecule has 130 valence electrons. The van der Waals surface area contributed by atoms with Crippen molar-refractivity contribution in [3.63, 3.8) is 0 Å². The van der Waals surface area contributed by atoms with Gasteiger partial charge in [-0.25, -0.2) is 4.57 Å². The van der Waals surface area contributed by atoms with Crippen LogP contribution in [0.2, 0.25) is 0 Å². The summed E-state index contributed by atoms with van der Waals surface area (Å²) >= 11 is 0.165. The van der Waals surface area contributed by atoms with E-state index in [1.165, 1.54) is 37.3 Å². The van der Waals surface area contributed by atoms with E-state index in [2.05, 4.69) is 0 Å². The van der Waals surface area contributed by atoms with E-state index in [-0.39, 0.29) is 33.3 Å². The molecule has 0 heterocycles. The number of aliphatic hydroxyl groups is 2. The Balaban J connectivity index is 2.51. The van der Waals surface area contributed by atoms with E-state index in [9.17, 15) is 25.0 Å². The molecule has 0 fully saturated rings. The highest BCUT2D eigenvalue weighted by Gasteiger charge is 2.38. The molecule has 2 rings (SSSR count). The van der Waals surface area contributed by atoms with Crippen molar-refractivity contribution < 1.29 is 34.8 Å². The van der Waals surface area contributed by atoms with Crippen LogP contribution >= 0.6 is 18.2 Å². The second-order valence-corrected chi connectivity index (χ2v) is 8.88. The lowest BCUT2D eigenvalue weighted by Gasteiger charge is -2.31. The first-order valence-electron chi connectivity index (χ1n) is 6.83. The lowest BCUT2D eigenvalue weighted by Crippen LogP contribution is -2.32. The maximum absolute atomic E-state index is 11.2. The number of phenols is 2. The Morgan fingerprint density at radius 3 is 2.25 bits per heavy atom. The second kappa shape index (κ2) is 6.76. The van der Waals surface area contributed by atoms with Crippen molar-refractivity contribution in [2.75, 3.05) is 0 Å². The molecule has 0 saturated carbocycles. The van der Waals surface area contributed by atoms with Gasteiger partial charge in [0.15, 0.2) is 5.79 Å². The molecule has 9 heteroatoms. The molecule has 7 nitrogen and oxygen atoms in total. The van der Waals surface area contributed by atoms with Crippen LogP contribution in [-0.4, -0.2) is 30.2 Å². The highest BCUT2D eigenvalue weighted by molar-refractivity contribution is 8.54. The molecule has 0 spiro atoms. The molecule has 0 radical (unpaired) electrons. The molecule has 2 aromatic rings. The number of rotatable bonds is 5. The largest absolute Gasteiger partial charge is 0.508 e. The highest BCUT2D eigenvalue weighted by Crippen LogP contribution is 2.57. The van der Waals surface area contributed by atoms with Crippen LogP contribution in [0.3, 0.4) is 0 Å². The summed E-state index contributed by atoms with van der Waals surface area (Å²) < 4.78 is 11.2. The van der Waals surface area contributed by atoms with Crippen molar-refractivity contribution in [1.82, 2.24) is 0 Å². The number of hydrogen-bond acceptors (Lipinski definition) is 6. The van der Waals surface area contributed by atoms with Gasteiger partial charge in [-0.05, 0) is 47.3 Å². The predicted molar refractivity (Wildman–Crippen MR) is 88.6 cm³/mol. The van der Waals surface area contributed by atoms with Crippen molar-refractivity contribution in [1.29, 1.82) is 0 Å². The standard InChI is InChI=1S/C15H17O7PS/c1-9(10-3-2-4-11(16)7-10)15(18,19)13-8-12(17)5-6-14(13)24-23(20,21)22/h2-9,16-19H,1H3,(H2,20,21,22).